The molecule has 3 aromatic rings. The number of allylic oxidation sites excluding steroid dienone is 1. The molecule has 0 unspecified atom stereocenters. The Morgan fingerprint density at radius 3 is 2.26 bits per heavy atom. The van der Waals surface area contributed by atoms with Crippen LogP contribution in [-0.4, -0.2) is 5.78 Å². The fraction of sp³-hybridized carbons (Fsp3) is 0.0870. The molecular formula is C23H18BrFOS. The predicted octanol–water partition coefficient (Wildman–Crippen LogP) is 7.22. The van der Waals surface area contributed by atoms with Crippen molar-refractivity contribution in [3.05, 3.63) is 104 Å². The van der Waals surface area contributed by atoms with Gasteiger partial charge in [0.2, 0.25) is 0 Å². The molecule has 0 saturated carbocycles. The summed E-state index contributed by atoms with van der Waals surface area (Å²) in [7, 11) is 0. The molecule has 0 atom stereocenters. The van der Waals surface area contributed by atoms with Crippen LogP contribution in [0, 0.1) is 19.7 Å². The van der Waals surface area contributed by atoms with E-state index in [1.54, 1.807) is 31.2 Å². The molecule has 0 heterocycles. The van der Waals surface area contributed by atoms with Gasteiger partial charge in [-0.05, 0) is 79.6 Å². The molecule has 0 radical (unpaired) electrons. The van der Waals surface area contributed by atoms with Gasteiger partial charge in [-0.2, -0.15) is 0 Å². The van der Waals surface area contributed by atoms with E-state index in [0.717, 1.165) is 14.9 Å². The van der Waals surface area contributed by atoms with Crippen LogP contribution in [0.1, 0.15) is 27.0 Å². The van der Waals surface area contributed by atoms with Crippen LogP contribution in [0.4, 0.5) is 4.39 Å². The van der Waals surface area contributed by atoms with Gasteiger partial charge in [-0.25, -0.2) is 4.39 Å². The molecule has 0 aromatic heterocycles. The van der Waals surface area contributed by atoms with Crippen LogP contribution in [0.15, 0.2) is 81.0 Å². The van der Waals surface area contributed by atoms with Crippen LogP contribution in [-0.2, 0) is 0 Å². The van der Waals surface area contributed by atoms with Gasteiger partial charge in [0.15, 0.2) is 5.78 Å². The lowest BCUT2D eigenvalue weighted by molar-refractivity contribution is 0.104. The van der Waals surface area contributed by atoms with Crippen molar-refractivity contribution in [1.29, 1.82) is 0 Å². The molecule has 0 bridgehead atoms. The summed E-state index contributed by atoms with van der Waals surface area (Å²) in [6, 6.07) is 20.2. The van der Waals surface area contributed by atoms with E-state index in [0.29, 0.717) is 16.0 Å². The van der Waals surface area contributed by atoms with Gasteiger partial charge in [0.1, 0.15) is 5.82 Å². The highest BCUT2D eigenvalue weighted by Gasteiger charge is 2.14. The third-order valence-corrected chi connectivity index (χ3v) is 5.62. The van der Waals surface area contributed by atoms with Gasteiger partial charge in [0.25, 0.3) is 0 Å². The molecule has 0 saturated heterocycles. The SMILES string of the molecule is Cc1ccc(S/C(=C/c2ccc(F)c(C)c2)C(=O)c2ccc(Br)cc2)cc1. The Hall–Kier alpha value is -2.17. The molecule has 0 aliphatic carbocycles. The zero-order valence-electron chi connectivity index (χ0n) is 15.0. The molecule has 0 aliphatic heterocycles. The van der Waals surface area contributed by atoms with E-state index in [4.69, 9.17) is 0 Å². The molecule has 0 N–H and O–H groups in total. The summed E-state index contributed by atoms with van der Waals surface area (Å²) in [6.45, 7) is 3.75. The van der Waals surface area contributed by atoms with Crippen molar-refractivity contribution < 1.29 is 9.18 Å². The summed E-state index contributed by atoms with van der Waals surface area (Å²) in [5.74, 6) is -0.311. The Morgan fingerprint density at radius 2 is 1.63 bits per heavy atom. The molecule has 3 aromatic carbocycles. The zero-order valence-corrected chi connectivity index (χ0v) is 17.4. The van der Waals surface area contributed by atoms with Crippen LogP contribution in [0.25, 0.3) is 6.08 Å². The summed E-state index contributed by atoms with van der Waals surface area (Å²) in [4.78, 5) is 14.7. The highest BCUT2D eigenvalue weighted by Crippen LogP contribution is 2.31. The van der Waals surface area contributed by atoms with Gasteiger partial charge >= 0.3 is 0 Å². The van der Waals surface area contributed by atoms with Gasteiger partial charge in [-0.3, -0.25) is 4.79 Å². The normalized spacial score (nSPS) is 11.5. The lowest BCUT2D eigenvalue weighted by atomic mass is 10.1. The van der Waals surface area contributed by atoms with Gasteiger partial charge in [-0.15, -0.1) is 0 Å². The quantitative estimate of drug-likeness (QED) is 0.236. The Kier molecular flexibility index (Phi) is 6.30. The van der Waals surface area contributed by atoms with Crippen molar-refractivity contribution in [3.63, 3.8) is 0 Å². The van der Waals surface area contributed by atoms with Crippen molar-refractivity contribution in [1.82, 2.24) is 0 Å². The zero-order chi connectivity index (χ0) is 19.4. The Balaban J connectivity index is 2.00. The molecule has 0 aliphatic rings. The first kappa shape index (κ1) is 19.6. The summed E-state index contributed by atoms with van der Waals surface area (Å²) in [6.07, 6.45) is 1.82. The van der Waals surface area contributed by atoms with Crippen LogP contribution < -0.4 is 0 Å². The smallest absolute Gasteiger partial charge is 0.199 e. The maximum Gasteiger partial charge on any atom is 0.199 e. The second-order valence-corrected chi connectivity index (χ2v) is 8.30. The number of hydrogen-bond acceptors (Lipinski definition) is 2. The average Bonchev–Trinajstić information content (AvgIpc) is 2.66. The summed E-state index contributed by atoms with van der Waals surface area (Å²) in [5.41, 5.74) is 3.13. The number of rotatable bonds is 5. The number of aryl methyl sites for hydroxylation is 2. The second-order valence-electron chi connectivity index (χ2n) is 6.27. The Bertz CT molecular complexity index is 992. The molecule has 1 nitrogen and oxygen atoms in total. The van der Waals surface area contributed by atoms with Crippen molar-refractivity contribution >= 4 is 39.6 Å². The fourth-order valence-corrected chi connectivity index (χ4v) is 3.72. The predicted molar refractivity (Wildman–Crippen MR) is 115 cm³/mol. The number of Topliss-reactive ketones (excluding diaryl/α,β-unsaturated/α-hetero) is 1. The molecule has 3 rings (SSSR count). The van der Waals surface area contributed by atoms with E-state index >= 15 is 0 Å². The van der Waals surface area contributed by atoms with Crippen LogP contribution in [0.2, 0.25) is 0 Å². The maximum atomic E-state index is 13.6. The minimum Gasteiger partial charge on any atom is -0.288 e. The number of halogens is 2. The largest absolute Gasteiger partial charge is 0.288 e. The van der Waals surface area contributed by atoms with Crippen LogP contribution in [0.5, 0.6) is 0 Å². The standard InChI is InChI=1S/C23H18BrFOS/c1-15-3-10-20(11-4-15)27-22(14-17-5-12-21(25)16(2)13-17)23(26)18-6-8-19(24)9-7-18/h3-14H,1-2H3/b22-14+. The Morgan fingerprint density at radius 1 is 0.963 bits per heavy atom. The minimum absolute atomic E-state index is 0.0601. The van der Waals surface area contributed by atoms with Gasteiger partial charge < -0.3 is 0 Å². The third-order valence-electron chi connectivity index (χ3n) is 4.06. The van der Waals surface area contributed by atoms with E-state index in [1.807, 2.05) is 49.4 Å². The summed E-state index contributed by atoms with van der Waals surface area (Å²) < 4.78 is 14.5. The third kappa shape index (κ3) is 5.18. The number of carbonyl (C=O) groups is 1. The van der Waals surface area contributed by atoms with Crippen molar-refractivity contribution in [2.45, 2.75) is 18.7 Å². The first-order chi connectivity index (χ1) is 12.9. The summed E-state index contributed by atoms with van der Waals surface area (Å²) in [5, 5.41) is 0. The van der Waals surface area contributed by atoms with E-state index < -0.39 is 0 Å². The maximum absolute atomic E-state index is 13.6. The number of benzene rings is 3. The number of carbonyl (C=O) groups excluding carboxylic acids is 1. The first-order valence-electron chi connectivity index (χ1n) is 8.45. The number of ketones is 1. The summed E-state index contributed by atoms with van der Waals surface area (Å²) >= 11 is 4.81. The van der Waals surface area contributed by atoms with Crippen LogP contribution in [0.3, 0.4) is 0 Å². The van der Waals surface area contributed by atoms with E-state index in [2.05, 4.69) is 15.9 Å². The van der Waals surface area contributed by atoms with E-state index in [9.17, 15) is 9.18 Å². The lowest BCUT2D eigenvalue weighted by Gasteiger charge is -2.09. The Labute approximate surface area is 171 Å². The highest BCUT2D eigenvalue weighted by molar-refractivity contribution is 9.10. The van der Waals surface area contributed by atoms with Gasteiger partial charge in [0.05, 0.1) is 4.91 Å². The van der Waals surface area contributed by atoms with Gasteiger partial charge in [0, 0.05) is 14.9 Å². The molecule has 136 valence electrons. The molecule has 27 heavy (non-hydrogen) atoms. The second kappa shape index (κ2) is 8.68. The lowest BCUT2D eigenvalue weighted by Crippen LogP contribution is -2.01. The van der Waals surface area contributed by atoms with Gasteiger partial charge in [-0.1, -0.05) is 51.5 Å². The first-order valence-corrected chi connectivity index (χ1v) is 10.1. The molecule has 0 fully saturated rings. The van der Waals surface area contributed by atoms with Crippen molar-refractivity contribution in [2.75, 3.05) is 0 Å². The van der Waals surface area contributed by atoms with Crippen molar-refractivity contribution in [3.8, 4) is 0 Å². The monoisotopic (exact) mass is 440 g/mol. The minimum atomic E-state index is -0.251. The van der Waals surface area contributed by atoms with Crippen molar-refractivity contribution in [2.24, 2.45) is 0 Å². The molecule has 0 amide bonds. The van der Waals surface area contributed by atoms with Crippen LogP contribution >= 0.6 is 27.7 Å². The topological polar surface area (TPSA) is 17.1 Å². The van der Waals surface area contributed by atoms with E-state index in [1.165, 1.54) is 23.4 Å². The molecule has 0 spiro atoms. The average molecular weight is 441 g/mol. The number of thioether (sulfide) groups is 1. The molecule has 4 heteroatoms. The van der Waals surface area contributed by atoms with E-state index in [-0.39, 0.29) is 11.6 Å². The highest BCUT2D eigenvalue weighted by atomic mass is 79.9. The molecular weight excluding hydrogens is 423 g/mol. The fourth-order valence-electron chi connectivity index (χ4n) is 2.53. The number of hydrogen-bond donors (Lipinski definition) is 0.